The molecule has 2 nitrogen and oxygen atoms in total. The fourth-order valence-electron chi connectivity index (χ4n) is 3.76. The largest absolute Gasteiger partial charge is 0.360 e. The van der Waals surface area contributed by atoms with Crippen molar-refractivity contribution in [1.29, 1.82) is 0 Å². The second-order valence-corrected chi connectivity index (χ2v) is 8.28. The third-order valence-electron chi connectivity index (χ3n) is 5.23. The molecule has 0 saturated heterocycles. The molecule has 0 aromatic rings. The van der Waals surface area contributed by atoms with Gasteiger partial charge in [-0.2, -0.15) is 0 Å². The molecule has 0 amide bonds. The number of hydrogen-bond donors (Lipinski definition) is 2. The van der Waals surface area contributed by atoms with Crippen LogP contribution in [0.4, 0.5) is 0 Å². The fraction of sp³-hybridized carbons (Fsp3) is 0.941. The van der Waals surface area contributed by atoms with Gasteiger partial charge in [-0.15, -0.1) is 0 Å². The maximum absolute atomic E-state index is 5.50. The molecule has 0 aliphatic heterocycles. The van der Waals surface area contributed by atoms with Crippen molar-refractivity contribution in [3.8, 4) is 0 Å². The summed E-state index contributed by atoms with van der Waals surface area (Å²) in [4.78, 5) is 0. The molecule has 0 atom stereocenters. The number of thiocarbonyl (C=S) groups is 1. The Morgan fingerprint density at radius 3 is 1.80 bits per heavy atom. The zero-order valence-corrected chi connectivity index (χ0v) is 14.3. The molecule has 0 unspecified atom stereocenters. The molecule has 0 radical (unpaired) electrons. The number of hydrogen-bond acceptors (Lipinski definition) is 1. The van der Waals surface area contributed by atoms with Crippen LogP contribution < -0.4 is 10.6 Å². The zero-order valence-electron chi connectivity index (χ0n) is 13.5. The third-order valence-corrected chi connectivity index (χ3v) is 5.46. The average molecular weight is 297 g/mol. The Kier molecular flexibility index (Phi) is 5.71. The topological polar surface area (TPSA) is 24.1 Å². The van der Waals surface area contributed by atoms with Gasteiger partial charge in [-0.25, -0.2) is 0 Å². The van der Waals surface area contributed by atoms with Gasteiger partial charge < -0.3 is 10.6 Å². The van der Waals surface area contributed by atoms with Crippen LogP contribution in [0.25, 0.3) is 0 Å². The Hall–Kier alpha value is -0.310. The lowest BCUT2D eigenvalue weighted by molar-refractivity contribution is 0.165. The molecule has 0 spiro atoms. The molecule has 116 valence electrons. The second kappa shape index (κ2) is 7.11. The SMILES string of the molecule is CC(C)(C)C1CCC(NC(=S)NC2CCCCC2)CC1. The van der Waals surface area contributed by atoms with Crippen molar-refractivity contribution in [1.82, 2.24) is 10.6 Å². The zero-order chi connectivity index (χ0) is 14.6. The molecule has 3 heteroatoms. The van der Waals surface area contributed by atoms with Crippen LogP contribution in [-0.4, -0.2) is 17.2 Å². The highest BCUT2D eigenvalue weighted by atomic mass is 32.1. The first-order chi connectivity index (χ1) is 9.45. The van der Waals surface area contributed by atoms with Gasteiger partial charge in [-0.3, -0.25) is 0 Å². The summed E-state index contributed by atoms with van der Waals surface area (Å²) in [5, 5.41) is 7.99. The third kappa shape index (κ3) is 4.91. The maximum atomic E-state index is 5.50. The van der Waals surface area contributed by atoms with Crippen LogP contribution in [0.3, 0.4) is 0 Å². The average Bonchev–Trinajstić information content (AvgIpc) is 2.39. The summed E-state index contributed by atoms with van der Waals surface area (Å²) in [5.41, 5.74) is 0.464. The van der Waals surface area contributed by atoms with Crippen molar-refractivity contribution in [3.05, 3.63) is 0 Å². The minimum atomic E-state index is 0.464. The van der Waals surface area contributed by atoms with E-state index in [9.17, 15) is 0 Å². The van der Waals surface area contributed by atoms with Gasteiger partial charge in [-0.05, 0) is 62.1 Å². The Morgan fingerprint density at radius 2 is 1.30 bits per heavy atom. The van der Waals surface area contributed by atoms with Gasteiger partial charge in [0.15, 0.2) is 5.11 Å². The molecular weight excluding hydrogens is 264 g/mol. The van der Waals surface area contributed by atoms with Crippen molar-refractivity contribution < 1.29 is 0 Å². The minimum Gasteiger partial charge on any atom is -0.360 e. The lowest BCUT2D eigenvalue weighted by Crippen LogP contribution is -2.48. The number of rotatable bonds is 2. The lowest BCUT2D eigenvalue weighted by atomic mass is 9.71. The molecule has 2 aliphatic carbocycles. The van der Waals surface area contributed by atoms with E-state index < -0.39 is 0 Å². The van der Waals surface area contributed by atoms with E-state index in [0.717, 1.165) is 11.0 Å². The maximum Gasteiger partial charge on any atom is 0.166 e. The summed E-state index contributed by atoms with van der Waals surface area (Å²) in [6.07, 6.45) is 11.9. The molecule has 2 N–H and O–H groups in total. The number of nitrogens with one attached hydrogen (secondary N) is 2. The van der Waals surface area contributed by atoms with Gasteiger partial charge >= 0.3 is 0 Å². The Labute approximate surface area is 130 Å². The monoisotopic (exact) mass is 296 g/mol. The van der Waals surface area contributed by atoms with Crippen LogP contribution >= 0.6 is 12.2 Å². The highest BCUT2D eigenvalue weighted by molar-refractivity contribution is 7.80. The minimum absolute atomic E-state index is 0.464. The molecule has 2 rings (SSSR count). The fourth-order valence-corrected chi connectivity index (χ4v) is 4.10. The van der Waals surface area contributed by atoms with E-state index in [1.54, 1.807) is 0 Å². The first kappa shape index (κ1) is 16.1. The smallest absolute Gasteiger partial charge is 0.166 e. The quantitative estimate of drug-likeness (QED) is 0.739. The highest BCUT2D eigenvalue weighted by Gasteiger charge is 2.29. The van der Waals surface area contributed by atoms with Crippen LogP contribution in [0.5, 0.6) is 0 Å². The molecule has 2 aliphatic rings. The van der Waals surface area contributed by atoms with E-state index in [-0.39, 0.29) is 0 Å². The molecule has 0 aromatic carbocycles. The Bertz CT molecular complexity index is 307. The second-order valence-electron chi connectivity index (χ2n) is 7.87. The van der Waals surface area contributed by atoms with E-state index in [0.29, 0.717) is 17.5 Å². The highest BCUT2D eigenvalue weighted by Crippen LogP contribution is 2.37. The lowest BCUT2D eigenvalue weighted by Gasteiger charge is -2.37. The molecule has 0 bridgehead atoms. The van der Waals surface area contributed by atoms with Gasteiger partial charge in [-0.1, -0.05) is 40.0 Å². The van der Waals surface area contributed by atoms with Gasteiger partial charge in [0.05, 0.1) is 0 Å². The van der Waals surface area contributed by atoms with Crippen LogP contribution in [0, 0.1) is 11.3 Å². The summed E-state index contributed by atoms with van der Waals surface area (Å²) in [6.45, 7) is 7.13. The normalized spacial score (nSPS) is 28.9. The molecule has 2 fully saturated rings. The van der Waals surface area contributed by atoms with Crippen LogP contribution in [0.15, 0.2) is 0 Å². The molecule has 0 heterocycles. The first-order valence-electron chi connectivity index (χ1n) is 8.52. The predicted molar refractivity (Wildman–Crippen MR) is 90.9 cm³/mol. The summed E-state index contributed by atoms with van der Waals surface area (Å²) in [5.74, 6) is 0.875. The van der Waals surface area contributed by atoms with E-state index in [1.165, 1.54) is 57.8 Å². The van der Waals surface area contributed by atoms with Crippen molar-refractivity contribution in [3.63, 3.8) is 0 Å². The van der Waals surface area contributed by atoms with Crippen molar-refractivity contribution in [2.75, 3.05) is 0 Å². The Balaban J connectivity index is 1.68. The van der Waals surface area contributed by atoms with Crippen LogP contribution in [0.1, 0.15) is 78.6 Å². The standard InChI is InChI=1S/C17H32N2S/c1-17(2,3)13-9-11-15(12-10-13)19-16(20)18-14-7-5-4-6-8-14/h13-15H,4-12H2,1-3H3,(H2,18,19,20). The molecule has 2 saturated carbocycles. The Morgan fingerprint density at radius 1 is 0.800 bits per heavy atom. The molecular formula is C17H32N2S. The van der Waals surface area contributed by atoms with Gasteiger partial charge in [0.25, 0.3) is 0 Å². The van der Waals surface area contributed by atoms with Crippen LogP contribution in [0.2, 0.25) is 0 Å². The van der Waals surface area contributed by atoms with E-state index in [4.69, 9.17) is 12.2 Å². The van der Waals surface area contributed by atoms with E-state index >= 15 is 0 Å². The van der Waals surface area contributed by atoms with Crippen molar-refractivity contribution in [2.45, 2.75) is 90.6 Å². The predicted octanol–water partition coefficient (Wildman–Crippen LogP) is 4.39. The van der Waals surface area contributed by atoms with Gasteiger partial charge in [0.1, 0.15) is 0 Å². The van der Waals surface area contributed by atoms with Gasteiger partial charge in [0, 0.05) is 12.1 Å². The van der Waals surface area contributed by atoms with E-state index in [2.05, 4.69) is 31.4 Å². The van der Waals surface area contributed by atoms with Gasteiger partial charge in [0.2, 0.25) is 0 Å². The summed E-state index contributed by atoms with van der Waals surface area (Å²) in [7, 11) is 0. The summed E-state index contributed by atoms with van der Waals surface area (Å²) in [6, 6.07) is 1.21. The first-order valence-corrected chi connectivity index (χ1v) is 8.93. The summed E-state index contributed by atoms with van der Waals surface area (Å²) >= 11 is 5.50. The van der Waals surface area contributed by atoms with E-state index in [1.807, 2.05) is 0 Å². The van der Waals surface area contributed by atoms with Crippen molar-refractivity contribution in [2.24, 2.45) is 11.3 Å². The molecule has 20 heavy (non-hydrogen) atoms. The summed E-state index contributed by atoms with van der Waals surface area (Å²) < 4.78 is 0. The van der Waals surface area contributed by atoms with Crippen LogP contribution in [-0.2, 0) is 0 Å². The van der Waals surface area contributed by atoms with Crippen molar-refractivity contribution >= 4 is 17.3 Å². The molecule has 0 aromatic heterocycles.